The number of ether oxygens (including phenoxy) is 2. The first-order valence-electron chi connectivity index (χ1n) is 11.6. The molecule has 3 heterocycles. The van der Waals surface area contributed by atoms with Crippen LogP contribution < -0.4 is 4.90 Å². The first kappa shape index (κ1) is 20.7. The summed E-state index contributed by atoms with van der Waals surface area (Å²) in [6.45, 7) is 5.54. The average molecular weight is 421 g/mol. The molecule has 0 saturated carbocycles. The highest BCUT2D eigenvalue weighted by Gasteiger charge is 2.42. The van der Waals surface area contributed by atoms with Crippen LogP contribution in [0.5, 0.6) is 0 Å². The Bertz CT molecular complexity index is 890. The second-order valence-corrected chi connectivity index (χ2v) is 9.14. The molecule has 2 atom stereocenters. The lowest BCUT2D eigenvalue weighted by Crippen LogP contribution is -2.60. The smallest absolute Gasteiger partial charge is 0.245 e. The molecule has 0 radical (unpaired) electrons. The quantitative estimate of drug-likeness (QED) is 0.749. The zero-order chi connectivity index (χ0) is 21.3. The fourth-order valence-corrected chi connectivity index (χ4v) is 5.38. The first-order valence-corrected chi connectivity index (χ1v) is 11.6. The lowest BCUT2D eigenvalue weighted by atomic mass is 9.93. The van der Waals surface area contributed by atoms with Crippen LogP contribution in [0.2, 0.25) is 0 Å². The molecule has 1 spiro atoms. The fourth-order valence-electron chi connectivity index (χ4n) is 5.38. The van der Waals surface area contributed by atoms with Crippen LogP contribution in [0.4, 0.5) is 11.4 Å². The van der Waals surface area contributed by atoms with Crippen LogP contribution in [0.25, 0.3) is 0 Å². The summed E-state index contributed by atoms with van der Waals surface area (Å²) >= 11 is 0. The van der Waals surface area contributed by atoms with Crippen LogP contribution in [-0.2, 0) is 27.1 Å². The highest BCUT2D eigenvalue weighted by Crippen LogP contribution is 2.37. The van der Waals surface area contributed by atoms with Gasteiger partial charge in [0.1, 0.15) is 5.60 Å². The normalized spacial score (nSPS) is 26.2. The number of hydrogen-bond acceptors (Lipinski definition) is 4. The zero-order valence-corrected chi connectivity index (χ0v) is 18.4. The van der Waals surface area contributed by atoms with Gasteiger partial charge >= 0.3 is 0 Å². The van der Waals surface area contributed by atoms with Gasteiger partial charge in [-0.2, -0.15) is 0 Å². The van der Waals surface area contributed by atoms with Crippen molar-refractivity contribution in [2.24, 2.45) is 0 Å². The summed E-state index contributed by atoms with van der Waals surface area (Å²) in [7, 11) is 0. The van der Waals surface area contributed by atoms with Gasteiger partial charge in [0.25, 0.3) is 0 Å². The first-order chi connectivity index (χ1) is 15.2. The van der Waals surface area contributed by atoms with Crippen molar-refractivity contribution >= 4 is 17.3 Å². The fraction of sp³-hybridized carbons (Fsp3) is 0.500. The summed E-state index contributed by atoms with van der Waals surface area (Å²) in [5, 5.41) is 0. The molecular weight excluding hydrogens is 388 g/mol. The molecule has 2 fully saturated rings. The van der Waals surface area contributed by atoms with Crippen LogP contribution in [0.15, 0.2) is 48.5 Å². The second-order valence-electron chi connectivity index (χ2n) is 9.14. The summed E-state index contributed by atoms with van der Waals surface area (Å²) in [4.78, 5) is 18.1. The van der Waals surface area contributed by atoms with E-state index in [0.717, 1.165) is 63.2 Å². The van der Waals surface area contributed by atoms with Crippen LogP contribution in [0, 0.1) is 0 Å². The van der Waals surface area contributed by atoms with E-state index >= 15 is 0 Å². The Hall–Kier alpha value is -2.21. The molecule has 2 aromatic carbocycles. The molecule has 5 nitrogen and oxygen atoms in total. The van der Waals surface area contributed by atoms with Crippen LogP contribution in [-0.4, -0.2) is 55.4 Å². The van der Waals surface area contributed by atoms with Crippen LogP contribution in [0.1, 0.15) is 37.3 Å². The van der Waals surface area contributed by atoms with Gasteiger partial charge < -0.3 is 9.47 Å². The maximum absolute atomic E-state index is 13.8. The van der Waals surface area contributed by atoms with Gasteiger partial charge in [0.2, 0.25) is 5.91 Å². The van der Waals surface area contributed by atoms with E-state index in [4.69, 9.17) is 9.47 Å². The summed E-state index contributed by atoms with van der Waals surface area (Å²) in [6.07, 6.45) is 5.02. The number of morpholine rings is 1. The number of fused-ring (bicyclic) bond motifs is 2. The number of nitrogens with zero attached hydrogens (tertiary/aromatic N) is 2. The number of hydrogen-bond donors (Lipinski definition) is 0. The maximum Gasteiger partial charge on any atom is 0.245 e. The van der Waals surface area contributed by atoms with Crippen molar-refractivity contribution < 1.29 is 14.3 Å². The number of benzene rings is 2. The summed E-state index contributed by atoms with van der Waals surface area (Å²) in [6, 6.07) is 16.7. The van der Waals surface area contributed by atoms with Crippen LogP contribution in [0.3, 0.4) is 0 Å². The van der Waals surface area contributed by atoms with Gasteiger partial charge in [-0.1, -0.05) is 43.3 Å². The molecule has 5 heteroatoms. The van der Waals surface area contributed by atoms with Gasteiger partial charge in [-0.25, -0.2) is 0 Å². The SMILES string of the molecule is CCC1CN(CC(=O)N2c3ccccc3CCc3ccccc32)CC2(CCCOC2)O1. The van der Waals surface area contributed by atoms with E-state index in [9.17, 15) is 4.79 Å². The molecule has 1 amide bonds. The van der Waals surface area contributed by atoms with Gasteiger partial charge in [0.15, 0.2) is 0 Å². The Kier molecular flexibility index (Phi) is 5.83. The van der Waals surface area contributed by atoms with Gasteiger partial charge in [-0.3, -0.25) is 14.6 Å². The molecule has 0 aromatic heterocycles. The van der Waals surface area contributed by atoms with E-state index in [0.29, 0.717) is 13.2 Å². The number of rotatable bonds is 3. The van der Waals surface area contributed by atoms with Gasteiger partial charge in [0.05, 0.1) is 30.6 Å². The third kappa shape index (κ3) is 4.14. The van der Waals surface area contributed by atoms with Crippen molar-refractivity contribution in [3.63, 3.8) is 0 Å². The summed E-state index contributed by atoms with van der Waals surface area (Å²) in [5.74, 6) is 0.130. The number of amides is 1. The Labute approximate surface area is 184 Å². The molecule has 3 aliphatic rings. The van der Waals surface area contributed by atoms with E-state index in [-0.39, 0.29) is 17.6 Å². The van der Waals surface area contributed by atoms with Crippen molar-refractivity contribution in [3.05, 3.63) is 59.7 Å². The Balaban J connectivity index is 1.43. The lowest BCUT2D eigenvalue weighted by molar-refractivity contribution is -0.200. The Morgan fingerprint density at radius 2 is 1.74 bits per heavy atom. The topological polar surface area (TPSA) is 42.0 Å². The molecular formula is C26H32N2O3. The van der Waals surface area contributed by atoms with Gasteiger partial charge in [0, 0.05) is 19.7 Å². The lowest BCUT2D eigenvalue weighted by Gasteiger charge is -2.48. The molecule has 164 valence electrons. The minimum Gasteiger partial charge on any atom is -0.378 e. The van der Waals surface area contributed by atoms with E-state index in [2.05, 4.69) is 48.2 Å². The van der Waals surface area contributed by atoms with Crippen molar-refractivity contribution in [1.29, 1.82) is 0 Å². The third-order valence-electron chi connectivity index (χ3n) is 6.87. The Morgan fingerprint density at radius 1 is 1.06 bits per heavy atom. The van der Waals surface area contributed by atoms with E-state index < -0.39 is 0 Å². The number of carbonyl (C=O) groups is 1. The van der Waals surface area contributed by atoms with E-state index in [1.54, 1.807) is 0 Å². The summed E-state index contributed by atoms with van der Waals surface area (Å²) < 4.78 is 12.3. The van der Waals surface area contributed by atoms with Crippen molar-refractivity contribution in [2.45, 2.75) is 50.7 Å². The molecule has 5 rings (SSSR count). The number of carbonyl (C=O) groups excluding carboxylic acids is 1. The highest BCUT2D eigenvalue weighted by molar-refractivity contribution is 6.03. The average Bonchev–Trinajstić information content (AvgIpc) is 2.96. The Morgan fingerprint density at radius 3 is 2.35 bits per heavy atom. The highest BCUT2D eigenvalue weighted by atomic mass is 16.6. The monoisotopic (exact) mass is 420 g/mol. The predicted molar refractivity (Wildman–Crippen MR) is 122 cm³/mol. The second kappa shape index (κ2) is 8.73. The van der Waals surface area contributed by atoms with Gasteiger partial charge in [-0.05, 0) is 55.4 Å². The summed E-state index contributed by atoms with van der Waals surface area (Å²) in [5.41, 5.74) is 4.24. The molecule has 0 N–H and O–H groups in total. The molecule has 2 aromatic rings. The minimum atomic E-state index is -0.272. The van der Waals surface area contributed by atoms with Gasteiger partial charge in [-0.15, -0.1) is 0 Å². The van der Waals surface area contributed by atoms with Crippen molar-refractivity contribution in [3.8, 4) is 0 Å². The van der Waals surface area contributed by atoms with E-state index in [1.807, 2.05) is 17.0 Å². The minimum absolute atomic E-state index is 0.130. The predicted octanol–water partition coefficient (Wildman–Crippen LogP) is 4.11. The standard InChI is InChI=1S/C26H32N2O3/c1-2-22-16-27(18-26(31-22)14-7-15-30-19-26)17-25(29)28-23-10-5-3-8-20(23)12-13-21-9-4-6-11-24(21)28/h3-6,8-11,22H,2,7,12-19H2,1H3. The molecule has 3 aliphatic heterocycles. The van der Waals surface area contributed by atoms with Crippen molar-refractivity contribution in [2.75, 3.05) is 37.7 Å². The number of para-hydroxylation sites is 2. The third-order valence-corrected chi connectivity index (χ3v) is 6.87. The van der Waals surface area contributed by atoms with Crippen LogP contribution >= 0.6 is 0 Å². The largest absolute Gasteiger partial charge is 0.378 e. The molecule has 2 unspecified atom stereocenters. The molecule has 31 heavy (non-hydrogen) atoms. The van der Waals surface area contributed by atoms with E-state index in [1.165, 1.54) is 11.1 Å². The maximum atomic E-state index is 13.8. The number of anilines is 2. The number of aryl methyl sites for hydroxylation is 2. The molecule has 0 aliphatic carbocycles. The zero-order valence-electron chi connectivity index (χ0n) is 18.4. The molecule has 2 saturated heterocycles. The molecule has 0 bridgehead atoms. The van der Waals surface area contributed by atoms with Crippen molar-refractivity contribution in [1.82, 2.24) is 4.90 Å².